The fraction of sp³-hybridized carbons (Fsp3) is 0.0333. The summed E-state index contributed by atoms with van der Waals surface area (Å²) in [4.78, 5) is 10.0. The van der Waals surface area contributed by atoms with Gasteiger partial charge in [0.05, 0.1) is 0 Å². The van der Waals surface area contributed by atoms with Crippen LogP contribution in [0.4, 0.5) is 0 Å². The van der Waals surface area contributed by atoms with Gasteiger partial charge in [-0.15, -0.1) is 0 Å². The van der Waals surface area contributed by atoms with E-state index in [2.05, 4.69) is 48.5 Å². The van der Waals surface area contributed by atoms with E-state index in [0.29, 0.717) is 11.8 Å². The Balaban J connectivity index is 0.000000537. The van der Waals surface area contributed by atoms with E-state index in [1.54, 1.807) is 0 Å². The van der Waals surface area contributed by atoms with Crippen LogP contribution in [0.25, 0.3) is 0 Å². The molecule has 6 aromatic carbocycles. The van der Waals surface area contributed by atoms with Crippen LogP contribution in [-0.2, 0) is 17.1 Å². The Morgan fingerprint density at radius 3 is 0.806 bits per heavy atom. The zero-order valence-electron chi connectivity index (χ0n) is 36.7. The molecule has 10 rings (SSSR count). The summed E-state index contributed by atoms with van der Waals surface area (Å²) in [7, 11) is -2.09. The topological polar surface area (TPSA) is 70.8 Å². The fourth-order valence-electron chi connectivity index (χ4n) is 7.72. The summed E-state index contributed by atoms with van der Waals surface area (Å²) >= 11 is 0. The quantitative estimate of drug-likeness (QED) is 0.0501. The Kier molecular flexibility index (Phi) is 20.3. The van der Waals surface area contributed by atoms with Crippen molar-refractivity contribution in [2.45, 2.75) is 12.1 Å². The average Bonchev–Trinajstić information content (AvgIpc) is 4.26. The second-order valence-electron chi connectivity index (χ2n) is 15.2. The van der Waals surface area contributed by atoms with Gasteiger partial charge >= 0.3 is 17.1 Å². The largest absolute Gasteiger partial charge is 2.00 e. The number of rotatable bonds is 13. The van der Waals surface area contributed by atoms with E-state index < -0.39 is 27.9 Å². The predicted molar refractivity (Wildman–Crippen MR) is 273 cm³/mol. The van der Waals surface area contributed by atoms with Gasteiger partial charge < -0.3 is 10.2 Å². The fourth-order valence-corrected chi connectivity index (χ4v) is 12.6. The number of aliphatic imine (C=N–C) groups is 2. The summed E-state index contributed by atoms with van der Waals surface area (Å²) in [5.41, 5.74) is 3.48. The van der Waals surface area contributed by atoms with Crippen LogP contribution in [0.5, 0.6) is 0 Å². The Labute approximate surface area is 414 Å². The molecule has 328 valence electrons. The SMILES string of the molecule is [CH]1[CH][CH][CH][CH]1.[CH]1[CH][CH][CH][CH]1.[Fe+2].[O-]C(=N[C@@H](c1ccccc1)[C@@H](N=C([O-])[C]1[CH][CH][CH][C]1P(c1ccccc1)c1ccccc1)c1ccccc1)[C]1[CH][CH][CH][C]1P(c1ccccc1)c1ccccc1. The van der Waals surface area contributed by atoms with Crippen molar-refractivity contribution in [1.29, 1.82) is 0 Å². The van der Waals surface area contributed by atoms with E-state index in [1.165, 1.54) is 0 Å². The van der Waals surface area contributed by atoms with E-state index >= 15 is 0 Å². The van der Waals surface area contributed by atoms with Gasteiger partial charge in [-0.2, -0.15) is 0 Å². The van der Waals surface area contributed by atoms with Crippen LogP contribution >= 0.6 is 15.8 Å². The van der Waals surface area contributed by atoms with Crippen molar-refractivity contribution < 1.29 is 27.3 Å². The van der Waals surface area contributed by atoms with Crippen LogP contribution in [0.2, 0.25) is 0 Å². The van der Waals surface area contributed by atoms with Crippen molar-refractivity contribution in [1.82, 2.24) is 0 Å². The Hall–Kier alpha value is -4.36. The van der Waals surface area contributed by atoms with Gasteiger partial charge in [-0.3, -0.25) is 9.98 Å². The zero-order valence-corrected chi connectivity index (χ0v) is 39.6. The normalized spacial score (nSPS) is 18.2. The van der Waals surface area contributed by atoms with E-state index in [0.717, 1.165) is 43.7 Å². The third kappa shape index (κ3) is 13.9. The van der Waals surface area contributed by atoms with Crippen molar-refractivity contribution in [3.63, 3.8) is 0 Å². The molecular formula is C60H48FeN2O2P2. The van der Waals surface area contributed by atoms with Gasteiger partial charge in [-0.25, -0.2) is 0 Å². The van der Waals surface area contributed by atoms with Gasteiger partial charge in [0.1, 0.15) is 12.1 Å². The molecule has 4 fully saturated rings. The molecule has 0 aromatic heterocycles. The summed E-state index contributed by atoms with van der Waals surface area (Å²) in [5, 5.41) is 34.0. The molecule has 0 unspecified atom stereocenters. The number of nitrogens with zero attached hydrogens (tertiary/aromatic N) is 2. The molecule has 6 aromatic rings. The molecule has 20 radical (unpaired) electrons. The minimum absolute atomic E-state index is 0. The second-order valence-corrected chi connectivity index (χ2v) is 19.5. The van der Waals surface area contributed by atoms with Crippen LogP contribution in [-0.4, -0.2) is 11.8 Å². The van der Waals surface area contributed by atoms with E-state index in [4.69, 9.17) is 9.98 Å². The third-order valence-corrected chi connectivity index (χ3v) is 15.8. The first-order chi connectivity index (χ1) is 32.7. The first-order valence-electron chi connectivity index (χ1n) is 21.9. The molecule has 0 amide bonds. The van der Waals surface area contributed by atoms with Crippen LogP contribution in [0.15, 0.2) is 192 Å². The van der Waals surface area contributed by atoms with Crippen molar-refractivity contribution in [3.8, 4) is 0 Å². The summed E-state index contributed by atoms with van der Waals surface area (Å²) in [6.07, 6.45) is 31.7. The van der Waals surface area contributed by atoms with Gasteiger partial charge in [0, 0.05) is 23.2 Å². The Morgan fingerprint density at radius 2 is 0.552 bits per heavy atom. The maximum Gasteiger partial charge on any atom is 2.00 e. The summed E-state index contributed by atoms with van der Waals surface area (Å²) in [6, 6.07) is 59.3. The number of benzene rings is 6. The van der Waals surface area contributed by atoms with Crippen molar-refractivity contribution in [2.24, 2.45) is 9.98 Å². The van der Waals surface area contributed by atoms with Gasteiger partial charge in [0.25, 0.3) is 0 Å². The van der Waals surface area contributed by atoms with Crippen LogP contribution in [0, 0.1) is 126 Å². The zero-order chi connectivity index (χ0) is 45.2. The molecule has 7 heteroatoms. The molecule has 4 saturated carbocycles. The molecule has 0 heterocycles. The molecule has 0 saturated heterocycles. The van der Waals surface area contributed by atoms with E-state index in [9.17, 15) is 10.2 Å². The Bertz CT molecular complexity index is 2080. The first-order valence-corrected chi connectivity index (χ1v) is 24.6. The molecule has 67 heavy (non-hydrogen) atoms. The molecule has 4 nitrogen and oxygen atoms in total. The Morgan fingerprint density at radius 1 is 0.313 bits per heavy atom. The average molecular weight is 947 g/mol. The third-order valence-electron chi connectivity index (χ3n) is 10.8. The first kappa shape index (κ1) is 50.5. The maximum atomic E-state index is 14.7. The predicted octanol–water partition coefficient (Wildman–Crippen LogP) is 9.76. The van der Waals surface area contributed by atoms with E-state index in [-0.39, 0.29) is 28.9 Å². The van der Waals surface area contributed by atoms with Crippen molar-refractivity contribution in [2.75, 3.05) is 0 Å². The molecule has 2 atom stereocenters. The summed E-state index contributed by atoms with van der Waals surface area (Å²) in [5.74, 6) is 0.426. The molecule has 0 bridgehead atoms. The minimum Gasteiger partial charge on any atom is -0.862 e. The summed E-state index contributed by atoms with van der Waals surface area (Å²) in [6.45, 7) is 0. The molecule has 0 aliphatic heterocycles. The standard InChI is InChI=1S/C50H40N2O2P2.2C5H5.Fe/c53-49(43-33-19-35-45(43)55(39-25-11-3-12-26-39)40-27-13-4-14-28-40)51-47(37-21-7-1-8-22-37)48(38-23-9-2-10-24-38)52-50(54)44-34-20-36-46(44)56(41-29-15-5-16-30-41)42-31-17-6-18-32-42;2*1-2-4-5-3-1;/h1-36,47-48H,(H,51,53)(H,52,54);2*1-5H;/q;;;+2/p-2/t47-,48-;;;/m0.../s1. The second kappa shape index (κ2) is 27.0. The van der Waals surface area contributed by atoms with Crippen LogP contribution < -0.4 is 31.4 Å². The van der Waals surface area contributed by atoms with Gasteiger partial charge in [-0.1, -0.05) is 182 Å². The molecular weight excluding hydrogens is 898 g/mol. The van der Waals surface area contributed by atoms with Gasteiger partial charge in [-0.05, 0) is 163 Å². The minimum atomic E-state index is -1.04. The molecule has 0 spiro atoms. The smallest absolute Gasteiger partial charge is 0.862 e. The molecule has 0 N–H and O–H groups in total. The summed E-state index contributed by atoms with van der Waals surface area (Å²) < 4.78 is 0. The van der Waals surface area contributed by atoms with Crippen LogP contribution in [0.3, 0.4) is 0 Å². The number of hydrogen-bond donors (Lipinski definition) is 0. The molecule has 4 aliphatic rings. The molecule has 4 aliphatic carbocycles. The van der Waals surface area contributed by atoms with E-state index in [1.807, 2.05) is 236 Å². The maximum absolute atomic E-state index is 14.7. The number of hydrogen-bond acceptors (Lipinski definition) is 4. The van der Waals surface area contributed by atoms with Crippen molar-refractivity contribution >= 4 is 48.9 Å². The van der Waals surface area contributed by atoms with Crippen molar-refractivity contribution in [3.05, 3.63) is 319 Å². The van der Waals surface area contributed by atoms with Crippen LogP contribution in [0.1, 0.15) is 23.2 Å². The van der Waals surface area contributed by atoms with Gasteiger partial charge in [0.2, 0.25) is 0 Å². The van der Waals surface area contributed by atoms with Gasteiger partial charge in [0.15, 0.2) is 0 Å². The monoisotopic (exact) mass is 946 g/mol.